The Kier molecular flexibility index (Phi) is 3.44. The number of hydrogen-bond donors (Lipinski definition) is 1. The minimum atomic E-state index is -0.307. The summed E-state index contributed by atoms with van der Waals surface area (Å²) in [5, 5.41) is 0. The van der Waals surface area contributed by atoms with Crippen LogP contribution in [0.1, 0.15) is 37.3 Å². The van der Waals surface area contributed by atoms with Gasteiger partial charge in [-0.2, -0.15) is 0 Å². The first-order valence-electron chi connectivity index (χ1n) is 7.98. The second-order valence-corrected chi connectivity index (χ2v) is 5.80. The van der Waals surface area contributed by atoms with Crippen molar-refractivity contribution >= 4 is 16.9 Å². The molecule has 0 amide bonds. The van der Waals surface area contributed by atoms with Gasteiger partial charge in [0.15, 0.2) is 11.6 Å². The monoisotopic (exact) mass is 311 g/mol. The number of aromatic amines is 1. The minimum absolute atomic E-state index is 0.0245. The normalized spacial score (nSPS) is 18.0. The zero-order valence-electron chi connectivity index (χ0n) is 13.0. The number of para-hydroxylation sites is 2. The van der Waals surface area contributed by atoms with E-state index in [0.29, 0.717) is 17.9 Å². The second kappa shape index (κ2) is 5.61. The highest BCUT2D eigenvalue weighted by atomic mass is 19.1. The summed E-state index contributed by atoms with van der Waals surface area (Å²) in [6, 6.07) is 7.96. The third kappa shape index (κ3) is 2.34. The van der Waals surface area contributed by atoms with Gasteiger partial charge in [-0.15, -0.1) is 0 Å². The molecule has 3 heterocycles. The number of H-pyrrole nitrogens is 1. The zero-order valence-corrected chi connectivity index (χ0v) is 13.0. The maximum atomic E-state index is 14.6. The first-order chi connectivity index (χ1) is 11.3. The van der Waals surface area contributed by atoms with Crippen LogP contribution in [0, 0.1) is 5.82 Å². The van der Waals surface area contributed by atoms with Gasteiger partial charge in [0, 0.05) is 6.54 Å². The average molecular weight is 311 g/mol. The topological polar surface area (TPSA) is 57.7 Å². The van der Waals surface area contributed by atoms with Crippen molar-refractivity contribution in [2.24, 2.45) is 0 Å². The summed E-state index contributed by atoms with van der Waals surface area (Å²) in [5.74, 6) is 0.956. The molecule has 0 radical (unpaired) electrons. The van der Waals surface area contributed by atoms with E-state index in [1.165, 1.54) is 6.33 Å². The first-order valence-corrected chi connectivity index (χ1v) is 7.98. The van der Waals surface area contributed by atoms with Gasteiger partial charge in [-0.1, -0.05) is 19.1 Å². The number of nitrogens with one attached hydrogen (secondary N) is 1. The summed E-state index contributed by atoms with van der Waals surface area (Å²) in [4.78, 5) is 18.3. The standard InChI is InChI=1S/C17H18FN5/c1-2-11-15(18)17(20-10-19-11)23-9-5-8-14(23)16-21-12-6-3-4-7-13(12)22-16/h3-4,6-7,10,14H,2,5,8-9H2,1H3,(H,21,22). The molecule has 1 atom stereocenters. The van der Waals surface area contributed by atoms with E-state index in [1.807, 2.05) is 36.1 Å². The predicted molar refractivity (Wildman–Crippen MR) is 86.8 cm³/mol. The number of nitrogens with zero attached hydrogens (tertiary/aromatic N) is 4. The van der Waals surface area contributed by atoms with Crippen molar-refractivity contribution in [3.05, 3.63) is 47.9 Å². The number of anilines is 1. The number of halogens is 1. The SMILES string of the molecule is CCc1ncnc(N2CCCC2c2nc3ccccc3[nH]2)c1F. The Bertz CT molecular complexity index is 811. The van der Waals surface area contributed by atoms with Gasteiger partial charge in [0.2, 0.25) is 0 Å². The Morgan fingerprint density at radius 3 is 3.00 bits per heavy atom. The molecule has 0 spiro atoms. The van der Waals surface area contributed by atoms with E-state index in [2.05, 4.69) is 19.9 Å². The molecule has 6 heteroatoms. The van der Waals surface area contributed by atoms with Crippen molar-refractivity contribution in [2.75, 3.05) is 11.4 Å². The number of benzene rings is 1. The molecule has 0 aliphatic carbocycles. The predicted octanol–water partition coefficient (Wildman–Crippen LogP) is 3.40. The molecular weight excluding hydrogens is 293 g/mol. The number of fused-ring (bicyclic) bond motifs is 1. The third-order valence-corrected chi connectivity index (χ3v) is 4.43. The van der Waals surface area contributed by atoms with Gasteiger partial charge >= 0.3 is 0 Å². The van der Waals surface area contributed by atoms with Crippen molar-refractivity contribution in [1.82, 2.24) is 19.9 Å². The molecule has 1 aliphatic rings. The third-order valence-electron chi connectivity index (χ3n) is 4.43. The second-order valence-electron chi connectivity index (χ2n) is 5.80. The molecule has 1 unspecified atom stereocenters. The first kappa shape index (κ1) is 14.1. The lowest BCUT2D eigenvalue weighted by atomic mass is 10.2. The van der Waals surface area contributed by atoms with Crippen LogP contribution in [0.3, 0.4) is 0 Å². The fourth-order valence-corrected chi connectivity index (χ4v) is 3.28. The lowest BCUT2D eigenvalue weighted by Crippen LogP contribution is -2.26. The molecule has 2 aromatic heterocycles. The van der Waals surface area contributed by atoms with Crippen molar-refractivity contribution < 1.29 is 4.39 Å². The van der Waals surface area contributed by atoms with E-state index in [0.717, 1.165) is 36.2 Å². The van der Waals surface area contributed by atoms with Crippen LogP contribution in [0.25, 0.3) is 11.0 Å². The molecule has 118 valence electrons. The summed E-state index contributed by atoms with van der Waals surface area (Å²) >= 11 is 0. The lowest BCUT2D eigenvalue weighted by Gasteiger charge is -2.24. The van der Waals surface area contributed by atoms with E-state index < -0.39 is 0 Å². The van der Waals surface area contributed by atoms with Crippen molar-refractivity contribution in [1.29, 1.82) is 0 Å². The number of rotatable bonds is 3. The largest absolute Gasteiger partial charge is 0.344 e. The molecule has 3 aromatic rings. The quantitative estimate of drug-likeness (QED) is 0.805. The number of aryl methyl sites for hydroxylation is 1. The Morgan fingerprint density at radius 1 is 1.30 bits per heavy atom. The number of imidazole rings is 1. The summed E-state index contributed by atoms with van der Waals surface area (Å²) < 4.78 is 14.6. The Labute approximate surface area is 133 Å². The van der Waals surface area contributed by atoms with Gasteiger partial charge in [0.05, 0.1) is 22.8 Å². The van der Waals surface area contributed by atoms with Crippen LogP contribution in [0.4, 0.5) is 10.2 Å². The lowest BCUT2D eigenvalue weighted by molar-refractivity contribution is 0.574. The Morgan fingerprint density at radius 2 is 2.17 bits per heavy atom. The van der Waals surface area contributed by atoms with E-state index >= 15 is 0 Å². The van der Waals surface area contributed by atoms with E-state index in [1.54, 1.807) is 0 Å². The van der Waals surface area contributed by atoms with Crippen molar-refractivity contribution in [2.45, 2.75) is 32.2 Å². The summed E-state index contributed by atoms with van der Waals surface area (Å²) in [7, 11) is 0. The number of hydrogen-bond acceptors (Lipinski definition) is 4. The van der Waals surface area contributed by atoms with Crippen LogP contribution >= 0.6 is 0 Å². The summed E-state index contributed by atoms with van der Waals surface area (Å²) in [6.07, 6.45) is 3.94. The molecule has 23 heavy (non-hydrogen) atoms. The van der Waals surface area contributed by atoms with Gasteiger partial charge in [0.25, 0.3) is 0 Å². The fraction of sp³-hybridized carbons (Fsp3) is 0.353. The molecular formula is C17H18FN5. The highest BCUT2D eigenvalue weighted by Crippen LogP contribution is 2.36. The smallest absolute Gasteiger partial charge is 0.187 e. The van der Waals surface area contributed by atoms with Crippen LogP contribution in [-0.4, -0.2) is 26.5 Å². The molecule has 1 saturated heterocycles. The van der Waals surface area contributed by atoms with Gasteiger partial charge in [-0.05, 0) is 31.4 Å². The minimum Gasteiger partial charge on any atom is -0.344 e. The van der Waals surface area contributed by atoms with Gasteiger partial charge in [0.1, 0.15) is 12.2 Å². The Balaban J connectivity index is 1.74. The van der Waals surface area contributed by atoms with E-state index in [9.17, 15) is 4.39 Å². The van der Waals surface area contributed by atoms with Gasteiger partial charge in [-0.25, -0.2) is 19.3 Å². The molecule has 0 bridgehead atoms. The van der Waals surface area contributed by atoms with Crippen molar-refractivity contribution in [3.63, 3.8) is 0 Å². The maximum Gasteiger partial charge on any atom is 0.187 e. The molecule has 1 N–H and O–H groups in total. The van der Waals surface area contributed by atoms with Gasteiger partial charge in [-0.3, -0.25) is 0 Å². The van der Waals surface area contributed by atoms with Crippen LogP contribution in [-0.2, 0) is 6.42 Å². The molecule has 0 saturated carbocycles. The van der Waals surface area contributed by atoms with Crippen LogP contribution in [0.2, 0.25) is 0 Å². The molecule has 1 aromatic carbocycles. The maximum absolute atomic E-state index is 14.6. The van der Waals surface area contributed by atoms with E-state index in [-0.39, 0.29) is 11.9 Å². The molecule has 1 aliphatic heterocycles. The Hall–Kier alpha value is -2.50. The van der Waals surface area contributed by atoms with Crippen LogP contribution < -0.4 is 4.90 Å². The van der Waals surface area contributed by atoms with Gasteiger partial charge < -0.3 is 9.88 Å². The fourth-order valence-electron chi connectivity index (χ4n) is 3.28. The van der Waals surface area contributed by atoms with E-state index in [4.69, 9.17) is 0 Å². The van der Waals surface area contributed by atoms with Crippen LogP contribution in [0.5, 0.6) is 0 Å². The molecule has 1 fully saturated rings. The number of aromatic nitrogens is 4. The zero-order chi connectivity index (χ0) is 15.8. The average Bonchev–Trinajstić information content (AvgIpc) is 3.21. The van der Waals surface area contributed by atoms with Crippen molar-refractivity contribution in [3.8, 4) is 0 Å². The molecule has 4 rings (SSSR count). The van der Waals surface area contributed by atoms with Crippen LogP contribution in [0.15, 0.2) is 30.6 Å². The highest BCUT2D eigenvalue weighted by molar-refractivity contribution is 5.75. The summed E-state index contributed by atoms with van der Waals surface area (Å²) in [6.45, 7) is 2.68. The highest BCUT2D eigenvalue weighted by Gasteiger charge is 2.32. The summed E-state index contributed by atoms with van der Waals surface area (Å²) in [5.41, 5.74) is 2.41. The molecule has 5 nitrogen and oxygen atoms in total.